The van der Waals surface area contributed by atoms with Crippen LogP contribution in [0.1, 0.15) is 19.4 Å². The molecule has 2 nitrogen and oxygen atoms in total. The second kappa shape index (κ2) is 6.46. The SMILES string of the molecule is CC(C)C[Si](C)(C)OCCc1c[nH]c2ccc(Br)cc12. The summed E-state index contributed by atoms with van der Waals surface area (Å²) in [7, 11) is -1.50. The van der Waals surface area contributed by atoms with Crippen LogP contribution in [0.2, 0.25) is 19.1 Å². The smallest absolute Gasteiger partial charge is 0.186 e. The summed E-state index contributed by atoms with van der Waals surface area (Å²) in [6, 6.07) is 7.59. The molecule has 0 fully saturated rings. The minimum atomic E-state index is -1.50. The van der Waals surface area contributed by atoms with Crippen molar-refractivity contribution < 1.29 is 4.43 Å². The van der Waals surface area contributed by atoms with Crippen molar-refractivity contribution in [2.45, 2.75) is 39.4 Å². The zero-order chi connectivity index (χ0) is 14.8. The quantitative estimate of drug-likeness (QED) is 0.695. The molecule has 0 spiro atoms. The third-order valence-electron chi connectivity index (χ3n) is 3.49. The van der Waals surface area contributed by atoms with Crippen LogP contribution >= 0.6 is 15.9 Å². The maximum Gasteiger partial charge on any atom is 0.186 e. The van der Waals surface area contributed by atoms with E-state index in [4.69, 9.17) is 4.43 Å². The standard InChI is InChI=1S/C16H24BrNOSi/c1-12(2)11-20(3,4)19-8-7-13-10-18-16-6-5-14(17)9-15(13)16/h5-6,9-10,12,18H,7-8,11H2,1-4H3. The highest BCUT2D eigenvalue weighted by atomic mass is 79.9. The van der Waals surface area contributed by atoms with Crippen LogP contribution in [0.15, 0.2) is 28.9 Å². The topological polar surface area (TPSA) is 25.0 Å². The van der Waals surface area contributed by atoms with Gasteiger partial charge in [-0.2, -0.15) is 0 Å². The second-order valence-electron chi connectivity index (χ2n) is 6.46. The monoisotopic (exact) mass is 353 g/mol. The van der Waals surface area contributed by atoms with Crippen molar-refractivity contribution in [3.8, 4) is 0 Å². The highest BCUT2D eigenvalue weighted by Crippen LogP contribution is 2.24. The van der Waals surface area contributed by atoms with E-state index < -0.39 is 8.32 Å². The lowest BCUT2D eigenvalue weighted by Crippen LogP contribution is -2.32. The van der Waals surface area contributed by atoms with Crippen molar-refractivity contribution >= 4 is 35.2 Å². The minimum absolute atomic E-state index is 0.723. The Labute approximate surface area is 131 Å². The maximum atomic E-state index is 6.21. The van der Waals surface area contributed by atoms with E-state index in [1.807, 2.05) is 0 Å². The summed E-state index contributed by atoms with van der Waals surface area (Å²) in [5.74, 6) is 0.723. The van der Waals surface area contributed by atoms with Gasteiger partial charge in [-0.3, -0.25) is 0 Å². The first kappa shape index (κ1) is 15.8. The van der Waals surface area contributed by atoms with Crippen LogP contribution in [0.3, 0.4) is 0 Å². The minimum Gasteiger partial charge on any atom is -0.417 e. The molecular weight excluding hydrogens is 330 g/mol. The molecule has 1 N–H and O–H groups in total. The average Bonchev–Trinajstić information content (AvgIpc) is 2.70. The Hall–Kier alpha value is -0.583. The van der Waals surface area contributed by atoms with Crippen molar-refractivity contribution in [1.82, 2.24) is 4.98 Å². The Morgan fingerprint density at radius 3 is 2.75 bits per heavy atom. The molecule has 0 saturated carbocycles. The Kier molecular flexibility index (Phi) is 5.10. The Morgan fingerprint density at radius 2 is 2.05 bits per heavy atom. The van der Waals surface area contributed by atoms with Crippen LogP contribution < -0.4 is 0 Å². The molecule has 0 aliphatic rings. The van der Waals surface area contributed by atoms with Gasteiger partial charge in [-0.15, -0.1) is 0 Å². The fraction of sp³-hybridized carbons (Fsp3) is 0.500. The van der Waals surface area contributed by atoms with Gasteiger partial charge in [-0.05, 0) is 55.2 Å². The molecule has 0 atom stereocenters. The predicted molar refractivity (Wildman–Crippen MR) is 92.8 cm³/mol. The summed E-state index contributed by atoms with van der Waals surface area (Å²) in [6.45, 7) is 10.0. The van der Waals surface area contributed by atoms with Crippen LogP contribution in [-0.2, 0) is 10.8 Å². The molecule has 2 aromatic rings. The van der Waals surface area contributed by atoms with Crippen LogP contribution in [-0.4, -0.2) is 19.9 Å². The average molecular weight is 354 g/mol. The molecule has 110 valence electrons. The van der Waals surface area contributed by atoms with Crippen LogP contribution in [0.4, 0.5) is 0 Å². The van der Waals surface area contributed by atoms with E-state index in [1.54, 1.807) is 0 Å². The first-order valence-electron chi connectivity index (χ1n) is 7.27. The molecule has 0 unspecified atom stereocenters. The van der Waals surface area contributed by atoms with E-state index in [2.05, 4.69) is 72.3 Å². The molecule has 20 heavy (non-hydrogen) atoms. The number of fused-ring (bicyclic) bond motifs is 1. The van der Waals surface area contributed by atoms with E-state index in [0.717, 1.165) is 23.4 Å². The van der Waals surface area contributed by atoms with Gasteiger partial charge in [-0.1, -0.05) is 29.8 Å². The zero-order valence-electron chi connectivity index (χ0n) is 12.8. The molecule has 1 aromatic heterocycles. The summed E-state index contributed by atoms with van der Waals surface area (Å²) in [5, 5.41) is 1.30. The normalized spacial score (nSPS) is 12.5. The van der Waals surface area contributed by atoms with E-state index in [9.17, 15) is 0 Å². The summed E-state index contributed by atoms with van der Waals surface area (Å²) >= 11 is 3.54. The van der Waals surface area contributed by atoms with Crippen LogP contribution in [0.25, 0.3) is 10.9 Å². The van der Waals surface area contributed by atoms with E-state index >= 15 is 0 Å². The number of hydrogen-bond donors (Lipinski definition) is 1. The number of aromatic amines is 1. The molecule has 0 saturated heterocycles. The van der Waals surface area contributed by atoms with E-state index in [0.29, 0.717) is 0 Å². The third kappa shape index (κ3) is 4.20. The molecular formula is C16H24BrNOSi. The Morgan fingerprint density at radius 1 is 1.30 bits per heavy atom. The lowest BCUT2D eigenvalue weighted by Gasteiger charge is -2.24. The van der Waals surface area contributed by atoms with Gasteiger partial charge in [0.1, 0.15) is 0 Å². The van der Waals surface area contributed by atoms with Crippen molar-refractivity contribution in [2.24, 2.45) is 5.92 Å². The Bertz CT molecular complexity index is 577. The zero-order valence-corrected chi connectivity index (χ0v) is 15.4. The number of halogens is 1. The van der Waals surface area contributed by atoms with Gasteiger partial charge in [0.2, 0.25) is 0 Å². The largest absolute Gasteiger partial charge is 0.417 e. The van der Waals surface area contributed by atoms with Crippen molar-refractivity contribution in [3.05, 3.63) is 34.4 Å². The molecule has 0 aliphatic heterocycles. The molecule has 1 aromatic carbocycles. The summed E-state index contributed by atoms with van der Waals surface area (Å²) < 4.78 is 7.33. The third-order valence-corrected chi connectivity index (χ3v) is 6.77. The molecule has 0 amide bonds. The van der Waals surface area contributed by atoms with Crippen molar-refractivity contribution in [3.63, 3.8) is 0 Å². The molecule has 1 heterocycles. The fourth-order valence-electron chi connectivity index (χ4n) is 2.84. The van der Waals surface area contributed by atoms with Gasteiger partial charge in [0.15, 0.2) is 8.32 Å². The van der Waals surface area contributed by atoms with Crippen molar-refractivity contribution in [1.29, 1.82) is 0 Å². The maximum absolute atomic E-state index is 6.21. The second-order valence-corrected chi connectivity index (χ2v) is 11.6. The fourth-order valence-corrected chi connectivity index (χ4v) is 5.94. The highest BCUT2D eigenvalue weighted by molar-refractivity contribution is 9.10. The van der Waals surface area contributed by atoms with Gasteiger partial charge >= 0.3 is 0 Å². The van der Waals surface area contributed by atoms with E-state index in [-0.39, 0.29) is 0 Å². The molecule has 0 bridgehead atoms. The lowest BCUT2D eigenvalue weighted by molar-refractivity contribution is 0.307. The van der Waals surface area contributed by atoms with Gasteiger partial charge < -0.3 is 9.41 Å². The highest BCUT2D eigenvalue weighted by Gasteiger charge is 2.23. The first-order chi connectivity index (χ1) is 9.37. The molecule has 4 heteroatoms. The summed E-state index contributed by atoms with van der Waals surface area (Å²) in [4.78, 5) is 3.33. The molecule has 0 aliphatic carbocycles. The van der Waals surface area contributed by atoms with Crippen molar-refractivity contribution in [2.75, 3.05) is 6.61 Å². The van der Waals surface area contributed by atoms with Gasteiger partial charge in [0.25, 0.3) is 0 Å². The Balaban J connectivity index is 1.98. The number of hydrogen-bond acceptors (Lipinski definition) is 1. The number of benzene rings is 1. The number of rotatable bonds is 6. The van der Waals surface area contributed by atoms with Gasteiger partial charge in [-0.25, -0.2) is 0 Å². The summed E-state index contributed by atoms with van der Waals surface area (Å²) in [5.41, 5.74) is 2.54. The molecule has 0 radical (unpaired) electrons. The number of nitrogens with one attached hydrogen (secondary N) is 1. The van der Waals surface area contributed by atoms with E-state index in [1.165, 1.54) is 22.5 Å². The van der Waals surface area contributed by atoms with Gasteiger partial charge in [0.05, 0.1) is 0 Å². The van der Waals surface area contributed by atoms with Crippen LogP contribution in [0, 0.1) is 5.92 Å². The first-order valence-corrected chi connectivity index (χ1v) is 11.2. The number of H-pyrrole nitrogens is 1. The molecule has 2 rings (SSSR count). The van der Waals surface area contributed by atoms with Crippen LogP contribution in [0.5, 0.6) is 0 Å². The number of aromatic nitrogens is 1. The summed E-state index contributed by atoms with van der Waals surface area (Å²) in [6.07, 6.45) is 3.09. The lowest BCUT2D eigenvalue weighted by atomic mass is 10.1. The van der Waals surface area contributed by atoms with Gasteiger partial charge in [0, 0.05) is 28.2 Å². The predicted octanol–water partition coefficient (Wildman–Crippen LogP) is 5.35.